The molecule has 5 nitrogen and oxygen atoms in total. The molecule has 0 aliphatic carbocycles. The number of nitrogens with zero attached hydrogens (tertiary/aromatic N) is 4. The van der Waals surface area contributed by atoms with E-state index in [0.29, 0.717) is 0 Å². The summed E-state index contributed by atoms with van der Waals surface area (Å²) in [7, 11) is 1.92. The van der Waals surface area contributed by atoms with Crippen LogP contribution in [-0.2, 0) is 20.1 Å². The highest BCUT2D eigenvalue weighted by Gasteiger charge is 2.08. The van der Waals surface area contributed by atoms with Gasteiger partial charge in [-0.1, -0.05) is 19.1 Å². The molecule has 3 aromatic rings. The maximum Gasteiger partial charge on any atom is 0.146 e. The number of nitrogens with one attached hydrogen (secondary N) is 1. The Bertz CT molecular complexity index is 725. The molecule has 0 unspecified atom stereocenters. The summed E-state index contributed by atoms with van der Waals surface area (Å²) < 4.78 is 4.04. The van der Waals surface area contributed by atoms with Crippen LogP contribution in [0.15, 0.2) is 36.8 Å². The fourth-order valence-electron chi connectivity index (χ4n) is 2.59. The van der Waals surface area contributed by atoms with E-state index in [4.69, 9.17) is 0 Å². The maximum atomic E-state index is 4.30. The summed E-state index contributed by atoms with van der Waals surface area (Å²) in [5, 5.41) is 8.91. The smallest absolute Gasteiger partial charge is 0.146 e. The first kappa shape index (κ1) is 13.8. The maximum absolute atomic E-state index is 4.30. The van der Waals surface area contributed by atoms with Crippen molar-refractivity contribution in [3.05, 3.63) is 48.2 Å². The van der Waals surface area contributed by atoms with Crippen molar-refractivity contribution in [3.63, 3.8) is 0 Å². The van der Waals surface area contributed by atoms with Crippen molar-refractivity contribution < 1.29 is 0 Å². The zero-order valence-electron chi connectivity index (χ0n) is 12.6. The van der Waals surface area contributed by atoms with Gasteiger partial charge in [0.15, 0.2) is 0 Å². The minimum absolute atomic E-state index is 0.742. The van der Waals surface area contributed by atoms with Crippen LogP contribution in [0.2, 0.25) is 0 Å². The van der Waals surface area contributed by atoms with Crippen LogP contribution in [0.1, 0.15) is 24.7 Å². The highest BCUT2D eigenvalue weighted by Crippen LogP contribution is 2.21. The van der Waals surface area contributed by atoms with Gasteiger partial charge in [-0.25, -0.2) is 4.98 Å². The molecule has 0 radical (unpaired) electrons. The summed E-state index contributed by atoms with van der Waals surface area (Å²) in [5.41, 5.74) is 2.59. The Morgan fingerprint density at radius 2 is 2.14 bits per heavy atom. The molecule has 21 heavy (non-hydrogen) atoms. The average molecular weight is 283 g/mol. The Kier molecular flexibility index (Phi) is 4.01. The first-order valence-electron chi connectivity index (χ1n) is 7.40. The molecule has 0 aliphatic rings. The standard InChI is InChI=1S/C16H21N5/c1-3-8-17-10-13-5-4-6-15-14(13)7-9-21(15)11-16-18-12-19-20(16)2/h4-7,9,12,17H,3,8,10-11H2,1-2H3. The minimum atomic E-state index is 0.742. The summed E-state index contributed by atoms with van der Waals surface area (Å²) in [5.74, 6) is 0.960. The van der Waals surface area contributed by atoms with Gasteiger partial charge < -0.3 is 9.88 Å². The van der Waals surface area contributed by atoms with Gasteiger partial charge in [0.25, 0.3) is 0 Å². The molecular weight excluding hydrogens is 262 g/mol. The van der Waals surface area contributed by atoms with E-state index in [2.05, 4.69) is 57.4 Å². The number of benzene rings is 1. The summed E-state index contributed by atoms with van der Waals surface area (Å²) >= 11 is 0. The van der Waals surface area contributed by atoms with Crippen molar-refractivity contribution in [3.8, 4) is 0 Å². The molecule has 110 valence electrons. The van der Waals surface area contributed by atoms with E-state index in [0.717, 1.165) is 31.9 Å². The Hall–Kier alpha value is -2.14. The van der Waals surface area contributed by atoms with Gasteiger partial charge in [0.2, 0.25) is 0 Å². The molecule has 0 atom stereocenters. The van der Waals surface area contributed by atoms with Crippen LogP contribution >= 0.6 is 0 Å². The van der Waals surface area contributed by atoms with Gasteiger partial charge in [-0.15, -0.1) is 0 Å². The molecule has 0 bridgehead atoms. The van der Waals surface area contributed by atoms with E-state index >= 15 is 0 Å². The highest BCUT2D eigenvalue weighted by atomic mass is 15.3. The third-order valence-corrected chi connectivity index (χ3v) is 3.76. The van der Waals surface area contributed by atoms with Crippen LogP contribution in [0.5, 0.6) is 0 Å². The van der Waals surface area contributed by atoms with Gasteiger partial charge in [-0.2, -0.15) is 5.10 Å². The van der Waals surface area contributed by atoms with Gasteiger partial charge in [0.05, 0.1) is 6.54 Å². The van der Waals surface area contributed by atoms with Gasteiger partial charge in [-0.05, 0) is 30.7 Å². The summed E-state index contributed by atoms with van der Waals surface area (Å²) in [6, 6.07) is 8.67. The van der Waals surface area contributed by atoms with Crippen LogP contribution < -0.4 is 5.32 Å². The molecule has 0 saturated heterocycles. The number of aryl methyl sites for hydroxylation is 1. The lowest BCUT2D eigenvalue weighted by Gasteiger charge is -2.08. The van der Waals surface area contributed by atoms with Crippen LogP contribution in [0, 0.1) is 0 Å². The number of rotatable bonds is 6. The first-order valence-corrected chi connectivity index (χ1v) is 7.40. The van der Waals surface area contributed by atoms with Gasteiger partial charge >= 0.3 is 0 Å². The number of aromatic nitrogens is 4. The number of hydrogen-bond acceptors (Lipinski definition) is 3. The van der Waals surface area contributed by atoms with Crippen molar-refractivity contribution in [2.45, 2.75) is 26.4 Å². The largest absolute Gasteiger partial charge is 0.340 e. The molecule has 2 aromatic heterocycles. The minimum Gasteiger partial charge on any atom is -0.340 e. The van der Waals surface area contributed by atoms with E-state index in [1.807, 2.05) is 11.7 Å². The zero-order chi connectivity index (χ0) is 14.7. The molecule has 0 fully saturated rings. The molecule has 1 N–H and O–H groups in total. The topological polar surface area (TPSA) is 47.7 Å². The van der Waals surface area contributed by atoms with Crippen molar-refractivity contribution in [1.82, 2.24) is 24.6 Å². The Morgan fingerprint density at radius 1 is 1.24 bits per heavy atom. The van der Waals surface area contributed by atoms with E-state index < -0.39 is 0 Å². The molecule has 0 aliphatic heterocycles. The summed E-state index contributed by atoms with van der Waals surface area (Å²) in [6.07, 6.45) is 4.88. The quantitative estimate of drug-likeness (QED) is 0.706. The molecule has 1 aromatic carbocycles. The normalized spacial score (nSPS) is 11.3. The average Bonchev–Trinajstić information content (AvgIpc) is 3.08. The predicted octanol–water partition coefficient (Wildman–Crippen LogP) is 2.32. The molecule has 0 spiro atoms. The fraction of sp³-hybridized carbons (Fsp3) is 0.375. The van der Waals surface area contributed by atoms with E-state index in [-0.39, 0.29) is 0 Å². The predicted molar refractivity (Wildman–Crippen MR) is 84.0 cm³/mol. The lowest BCUT2D eigenvalue weighted by atomic mass is 10.1. The van der Waals surface area contributed by atoms with Gasteiger partial charge in [0.1, 0.15) is 12.2 Å². The van der Waals surface area contributed by atoms with Crippen molar-refractivity contribution in [1.29, 1.82) is 0 Å². The SMILES string of the molecule is CCCNCc1cccc2c1ccn2Cc1ncnn1C. The van der Waals surface area contributed by atoms with E-state index in [1.54, 1.807) is 6.33 Å². The zero-order valence-corrected chi connectivity index (χ0v) is 12.6. The lowest BCUT2D eigenvalue weighted by Crippen LogP contribution is -2.13. The molecule has 5 heteroatoms. The third-order valence-electron chi connectivity index (χ3n) is 3.76. The molecular formula is C16H21N5. The van der Waals surface area contributed by atoms with Crippen molar-refractivity contribution >= 4 is 10.9 Å². The highest BCUT2D eigenvalue weighted by molar-refractivity contribution is 5.83. The fourth-order valence-corrected chi connectivity index (χ4v) is 2.59. The summed E-state index contributed by atoms with van der Waals surface area (Å²) in [4.78, 5) is 4.30. The van der Waals surface area contributed by atoms with Crippen LogP contribution in [0.4, 0.5) is 0 Å². The third kappa shape index (κ3) is 2.83. The lowest BCUT2D eigenvalue weighted by molar-refractivity contribution is 0.664. The second-order valence-electron chi connectivity index (χ2n) is 5.27. The molecule has 0 saturated carbocycles. The second-order valence-corrected chi connectivity index (χ2v) is 5.27. The molecule has 2 heterocycles. The van der Waals surface area contributed by atoms with Crippen LogP contribution in [-0.4, -0.2) is 25.9 Å². The monoisotopic (exact) mass is 283 g/mol. The Labute approximate surface area is 124 Å². The first-order chi connectivity index (χ1) is 10.3. The van der Waals surface area contributed by atoms with Crippen molar-refractivity contribution in [2.24, 2.45) is 7.05 Å². The van der Waals surface area contributed by atoms with E-state index in [1.165, 1.54) is 16.5 Å². The van der Waals surface area contributed by atoms with Crippen LogP contribution in [0.3, 0.4) is 0 Å². The molecule has 0 amide bonds. The number of hydrogen-bond donors (Lipinski definition) is 1. The van der Waals surface area contributed by atoms with Gasteiger partial charge in [-0.3, -0.25) is 4.68 Å². The van der Waals surface area contributed by atoms with Crippen molar-refractivity contribution in [2.75, 3.05) is 6.54 Å². The van der Waals surface area contributed by atoms with E-state index in [9.17, 15) is 0 Å². The second kappa shape index (κ2) is 6.10. The summed E-state index contributed by atoms with van der Waals surface area (Å²) in [6.45, 7) is 4.89. The van der Waals surface area contributed by atoms with Gasteiger partial charge in [0, 0.05) is 30.7 Å². The Morgan fingerprint density at radius 3 is 2.90 bits per heavy atom. The molecule has 3 rings (SSSR count). The number of fused-ring (bicyclic) bond motifs is 1. The van der Waals surface area contributed by atoms with Crippen LogP contribution in [0.25, 0.3) is 10.9 Å². The Balaban J connectivity index is 1.88.